The Morgan fingerprint density at radius 2 is 2.14 bits per heavy atom. The van der Waals surface area contributed by atoms with Crippen LogP contribution in [0.1, 0.15) is 23.2 Å². The number of aliphatic carboxylic acids is 1. The standard InChI is InChI=1S/C14H12ClNO5/c15-9-3-1-2-8-11(9)16(13(18)12(8)17)6-7-4-5-10(21-7)14(19)20/h1-3,7,10H,4-6H2,(H,19,20). The monoisotopic (exact) mass is 309 g/mol. The number of fused-ring (bicyclic) bond motifs is 1. The average molecular weight is 310 g/mol. The van der Waals surface area contributed by atoms with Gasteiger partial charge in [-0.2, -0.15) is 0 Å². The van der Waals surface area contributed by atoms with E-state index in [0.29, 0.717) is 23.6 Å². The molecule has 110 valence electrons. The number of carbonyl (C=O) groups excluding carboxylic acids is 2. The Balaban J connectivity index is 1.83. The first-order valence-electron chi connectivity index (χ1n) is 6.52. The lowest BCUT2D eigenvalue weighted by molar-refractivity contribution is -0.149. The molecule has 0 saturated carbocycles. The fraction of sp³-hybridized carbons (Fsp3) is 0.357. The highest BCUT2D eigenvalue weighted by atomic mass is 35.5. The molecule has 6 nitrogen and oxygen atoms in total. The van der Waals surface area contributed by atoms with Crippen LogP contribution in [0.25, 0.3) is 0 Å². The van der Waals surface area contributed by atoms with Crippen molar-refractivity contribution >= 4 is 34.9 Å². The van der Waals surface area contributed by atoms with Crippen molar-refractivity contribution in [2.45, 2.75) is 25.0 Å². The summed E-state index contributed by atoms with van der Waals surface area (Å²) in [7, 11) is 0. The highest BCUT2D eigenvalue weighted by molar-refractivity contribution is 6.54. The molecule has 2 unspecified atom stereocenters. The van der Waals surface area contributed by atoms with Gasteiger partial charge in [0, 0.05) is 0 Å². The fourth-order valence-electron chi connectivity index (χ4n) is 2.71. The van der Waals surface area contributed by atoms with Gasteiger partial charge >= 0.3 is 5.97 Å². The Kier molecular flexibility index (Phi) is 3.43. The Labute approximate surface area is 125 Å². The number of hydrogen-bond acceptors (Lipinski definition) is 4. The van der Waals surface area contributed by atoms with E-state index in [4.69, 9.17) is 21.4 Å². The first-order valence-corrected chi connectivity index (χ1v) is 6.90. The number of carboxylic acids is 1. The third-order valence-corrected chi connectivity index (χ3v) is 4.01. The maximum Gasteiger partial charge on any atom is 0.332 e. The maximum atomic E-state index is 12.1. The van der Waals surface area contributed by atoms with Crippen LogP contribution >= 0.6 is 11.6 Å². The predicted octanol–water partition coefficient (Wildman–Crippen LogP) is 1.50. The van der Waals surface area contributed by atoms with Crippen LogP contribution in [-0.2, 0) is 14.3 Å². The van der Waals surface area contributed by atoms with Crippen LogP contribution in [0.3, 0.4) is 0 Å². The molecule has 7 heteroatoms. The molecule has 0 aromatic heterocycles. The summed E-state index contributed by atoms with van der Waals surface area (Å²) in [5.74, 6) is -2.26. The Bertz CT molecular complexity index is 644. The second kappa shape index (κ2) is 5.13. The Hall–Kier alpha value is -1.92. The number of anilines is 1. The first kappa shape index (κ1) is 14.0. The fourth-order valence-corrected chi connectivity index (χ4v) is 2.99. The van der Waals surface area contributed by atoms with E-state index in [9.17, 15) is 14.4 Å². The zero-order valence-corrected chi connectivity index (χ0v) is 11.7. The zero-order valence-electron chi connectivity index (χ0n) is 10.9. The van der Waals surface area contributed by atoms with Gasteiger partial charge in [0.15, 0.2) is 6.10 Å². The largest absolute Gasteiger partial charge is 0.479 e. The first-order chi connectivity index (χ1) is 9.99. The summed E-state index contributed by atoms with van der Waals surface area (Å²) in [6.07, 6.45) is -0.348. The summed E-state index contributed by atoms with van der Waals surface area (Å²) in [5, 5.41) is 9.23. The number of Topliss-reactive ketones (excluding diaryl/α,β-unsaturated/α-hetero) is 1. The molecule has 1 saturated heterocycles. The molecule has 0 aliphatic carbocycles. The van der Waals surface area contributed by atoms with Crippen molar-refractivity contribution in [3.05, 3.63) is 28.8 Å². The van der Waals surface area contributed by atoms with E-state index in [1.807, 2.05) is 0 Å². The number of benzene rings is 1. The molecule has 0 spiro atoms. The van der Waals surface area contributed by atoms with Gasteiger partial charge < -0.3 is 14.7 Å². The van der Waals surface area contributed by atoms with Crippen molar-refractivity contribution in [2.75, 3.05) is 11.4 Å². The SMILES string of the molecule is O=C1C(=O)N(CC2CCC(C(=O)O)O2)c2c(Cl)cccc21. The lowest BCUT2D eigenvalue weighted by atomic mass is 10.1. The van der Waals surface area contributed by atoms with E-state index in [2.05, 4.69) is 0 Å². The summed E-state index contributed by atoms with van der Waals surface area (Å²) in [4.78, 5) is 36.1. The summed E-state index contributed by atoms with van der Waals surface area (Å²) in [6.45, 7) is 0.130. The van der Waals surface area contributed by atoms with Crippen molar-refractivity contribution in [1.82, 2.24) is 0 Å². The maximum absolute atomic E-state index is 12.1. The third-order valence-electron chi connectivity index (χ3n) is 3.71. The van der Waals surface area contributed by atoms with Gasteiger partial charge in [-0.3, -0.25) is 9.59 Å². The highest BCUT2D eigenvalue weighted by Crippen LogP contribution is 2.36. The minimum Gasteiger partial charge on any atom is -0.479 e. The molecule has 2 aliphatic rings. The molecule has 0 bridgehead atoms. The van der Waals surface area contributed by atoms with Crippen molar-refractivity contribution in [3.8, 4) is 0 Å². The number of carboxylic acid groups (broad SMARTS) is 1. The number of rotatable bonds is 3. The minimum atomic E-state index is -1.01. The highest BCUT2D eigenvalue weighted by Gasteiger charge is 2.40. The van der Waals surface area contributed by atoms with Crippen LogP contribution < -0.4 is 4.90 Å². The van der Waals surface area contributed by atoms with Gasteiger partial charge in [0.1, 0.15) is 0 Å². The minimum absolute atomic E-state index is 0.130. The van der Waals surface area contributed by atoms with Crippen molar-refractivity contribution in [1.29, 1.82) is 0 Å². The molecule has 1 fully saturated rings. The Morgan fingerprint density at radius 3 is 2.81 bits per heavy atom. The van der Waals surface area contributed by atoms with Crippen LogP contribution in [-0.4, -0.2) is 41.5 Å². The van der Waals surface area contributed by atoms with Crippen molar-refractivity contribution in [2.24, 2.45) is 0 Å². The van der Waals surface area contributed by atoms with E-state index < -0.39 is 29.9 Å². The molecule has 1 aromatic rings. The van der Waals surface area contributed by atoms with E-state index in [1.165, 1.54) is 4.90 Å². The molecule has 1 amide bonds. The number of nitrogens with zero attached hydrogens (tertiary/aromatic N) is 1. The summed E-state index contributed by atoms with van der Waals surface area (Å²) >= 11 is 6.08. The number of amides is 1. The third kappa shape index (κ3) is 2.30. The number of ether oxygens (including phenoxy) is 1. The molecule has 2 aliphatic heterocycles. The van der Waals surface area contributed by atoms with Gasteiger partial charge in [-0.1, -0.05) is 17.7 Å². The predicted molar refractivity (Wildman–Crippen MR) is 73.7 cm³/mol. The van der Waals surface area contributed by atoms with Crippen molar-refractivity contribution in [3.63, 3.8) is 0 Å². The lowest BCUT2D eigenvalue weighted by Gasteiger charge is -2.21. The molecule has 1 N–H and O–H groups in total. The van der Waals surface area contributed by atoms with E-state index in [0.717, 1.165) is 0 Å². The summed E-state index contributed by atoms with van der Waals surface area (Å²) in [5.41, 5.74) is 0.664. The van der Waals surface area contributed by atoms with Gasteiger partial charge in [-0.05, 0) is 25.0 Å². The molecule has 1 aromatic carbocycles. The van der Waals surface area contributed by atoms with Gasteiger partial charge in [-0.15, -0.1) is 0 Å². The number of hydrogen-bond donors (Lipinski definition) is 1. The van der Waals surface area contributed by atoms with Gasteiger partial charge in [0.05, 0.1) is 28.9 Å². The molecular formula is C14H12ClNO5. The molecule has 2 heterocycles. The number of carbonyl (C=O) groups is 3. The van der Waals surface area contributed by atoms with E-state index >= 15 is 0 Å². The second-order valence-corrected chi connectivity index (χ2v) is 5.45. The van der Waals surface area contributed by atoms with Crippen LogP contribution in [0, 0.1) is 0 Å². The molecular weight excluding hydrogens is 298 g/mol. The number of ketones is 1. The van der Waals surface area contributed by atoms with Crippen LogP contribution in [0.2, 0.25) is 5.02 Å². The van der Waals surface area contributed by atoms with Crippen molar-refractivity contribution < 1.29 is 24.2 Å². The molecule has 3 rings (SSSR count). The zero-order chi connectivity index (χ0) is 15.1. The lowest BCUT2D eigenvalue weighted by Crippen LogP contribution is -2.37. The van der Waals surface area contributed by atoms with Crippen LogP contribution in [0.5, 0.6) is 0 Å². The van der Waals surface area contributed by atoms with E-state index in [-0.39, 0.29) is 12.1 Å². The van der Waals surface area contributed by atoms with Gasteiger partial charge in [-0.25, -0.2) is 4.79 Å². The van der Waals surface area contributed by atoms with E-state index in [1.54, 1.807) is 18.2 Å². The quantitative estimate of drug-likeness (QED) is 0.855. The van der Waals surface area contributed by atoms with Gasteiger partial charge in [0.25, 0.3) is 11.7 Å². The van der Waals surface area contributed by atoms with Crippen LogP contribution in [0.15, 0.2) is 18.2 Å². The average Bonchev–Trinajstić information content (AvgIpc) is 3.00. The van der Waals surface area contributed by atoms with Gasteiger partial charge in [0.2, 0.25) is 0 Å². The van der Waals surface area contributed by atoms with Crippen LogP contribution in [0.4, 0.5) is 5.69 Å². The second-order valence-electron chi connectivity index (χ2n) is 5.04. The topological polar surface area (TPSA) is 83.9 Å². The number of para-hydroxylation sites is 1. The Morgan fingerprint density at radius 1 is 1.38 bits per heavy atom. The summed E-state index contributed by atoms with van der Waals surface area (Å²) in [6, 6.07) is 4.77. The molecule has 21 heavy (non-hydrogen) atoms. The normalized spacial score (nSPS) is 24.5. The molecule has 2 atom stereocenters. The molecule has 0 radical (unpaired) electrons. The summed E-state index contributed by atoms with van der Waals surface area (Å²) < 4.78 is 5.38. The smallest absolute Gasteiger partial charge is 0.332 e. The number of halogens is 1.